The molecule has 0 unspecified atom stereocenters. The Kier molecular flexibility index (Phi) is 5.70. The van der Waals surface area contributed by atoms with Crippen molar-refractivity contribution < 1.29 is 9.53 Å². The summed E-state index contributed by atoms with van der Waals surface area (Å²) >= 11 is 5.05. The lowest BCUT2D eigenvalue weighted by Gasteiger charge is -2.22. The number of benzene rings is 1. The molecule has 0 spiro atoms. The van der Waals surface area contributed by atoms with E-state index in [1.165, 1.54) is 6.08 Å². The van der Waals surface area contributed by atoms with Gasteiger partial charge in [-0.25, -0.2) is 0 Å². The molecule has 4 nitrogen and oxygen atoms in total. The molecule has 20 heavy (non-hydrogen) atoms. The molecule has 0 aliphatic heterocycles. The number of carbonyl (C=O) groups excluding carboxylic acids is 1. The number of methoxy groups -OCH3 is 1. The molecule has 0 saturated heterocycles. The van der Waals surface area contributed by atoms with Crippen LogP contribution in [0.5, 0.6) is 5.75 Å². The smallest absolute Gasteiger partial charge is 0.250 e. The minimum atomic E-state index is -0.262. The fourth-order valence-electron chi connectivity index (χ4n) is 1.41. The van der Waals surface area contributed by atoms with Gasteiger partial charge in [0, 0.05) is 11.6 Å². The zero-order chi connectivity index (χ0) is 15.2. The van der Waals surface area contributed by atoms with E-state index in [1.54, 1.807) is 13.2 Å². The van der Waals surface area contributed by atoms with Crippen LogP contribution in [0, 0.1) is 0 Å². The Labute approximate surface area is 125 Å². The van der Waals surface area contributed by atoms with Crippen LogP contribution in [0.15, 0.2) is 30.3 Å². The highest BCUT2D eigenvalue weighted by molar-refractivity contribution is 7.80. The Bertz CT molecular complexity index is 502. The van der Waals surface area contributed by atoms with E-state index >= 15 is 0 Å². The second-order valence-corrected chi connectivity index (χ2v) is 5.71. The van der Waals surface area contributed by atoms with Crippen LogP contribution in [0.4, 0.5) is 0 Å². The lowest BCUT2D eigenvalue weighted by Crippen LogP contribution is -2.47. The quantitative estimate of drug-likeness (QED) is 0.664. The Morgan fingerprint density at radius 3 is 2.35 bits per heavy atom. The summed E-state index contributed by atoms with van der Waals surface area (Å²) < 4.78 is 5.07. The van der Waals surface area contributed by atoms with Gasteiger partial charge in [-0.15, -0.1) is 0 Å². The van der Waals surface area contributed by atoms with Crippen LogP contribution in [0.1, 0.15) is 26.3 Å². The van der Waals surface area contributed by atoms with Crippen LogP contribution in [0.25, 0.3) is 6.08 Å². The number of amides is 1. The summed E-state index contributed by atoms with van der Waals surface area (Å²) in [5.41, 5.74) is 0.736. The molecule has 2 N–H and O–H groups in total. The molecule has 1 amide bonds. The topological polar surface area (TPSA) is 50.4 Å². The van der Waals surface area contributed by atoms with E-state index < -0.39 is 0 Å². The monoisotopic (exact) mass is 292 g/mol. The first-order valence-electron chi connectivity index (χ1n) is 6.25. The molecule has 0 aromatic heterocycles. The van der Waals surface area contributed by atoms with Crippen LogP contribution in [0.3, 0.4) is 0 Å². The first-order chi connectivity index (χ1) is 9.30. The average Bonchev–Trinajstić information content (AvgIpc) is 2.34. The molecule has 1 aromatic rings. The van der Waals surface area contributed by atoms with Gasteiger partial charge in [-0.1, -0.05) is 12.1 Å². The molecule has 0 atom stereocenters. The molecule has 108 valence electrons. The van der Waals surface area contributed by atoms with Crippen LogP contribution < -0.4 is 15.4 Å². The molecule has 0 aliphatic carbocycles. The number of ether oxygens (including phenoxy) is 1. The summed E-state index contributed by atoms with van der Waals surface area (Å²) in [6, 6.07) is 7.41. The van der Waals surface area contributed by atoms with Gasteiger partial charge in [0.2, 0.25) is 5.91 Å². The third-order valence-corrected chi connectivity index (χ3v) is 2.47. The van der Waals surface area contributed by atoms with Crippen molar-refractivity contribution in [1.82, 2.24) is 10.6 Å². The summed E-state index contributed by atoms with van der Waals surface area (Å²) in [5, 5.41) is 5.93. The first-order valence-corrected chi connectivity index (χ1v) is 6.66. The molecule has 1 aromatic carbocycles. The summed E-state index contributed by atoms with van der Waals surface area (Å²) in [6.45, 7) is 5.91. The maximum atomic E-state index is 11.7. The maximum absolute atomic E-state index is 11.7. The summed E-state index contributed by atoms with van der Waals surface area (Å²) in [7, 11) is 1.61. The second kappa shape index (κ2) is 7.05. The molecular weight excluding hydrogens is 272 g/mol. The standard InChI is InChI=1S/C15H20N2O2S/c1-15(2,3)17-14(20)16-13(18)10-7-11-5-8-12(19-4)9-6-11/h5-10H,1-4H3,(H2,16,17,18,20). The predicted molar refractivity (Wildman–Crippen MR) is 85.7 cm³/mol. The Morgan fingerprint density at radius 1 is 1.25 bits per heavy atom. The molecule has 1 rings (SSSR count). The zero-order valence-corrected chi connectivity index (χ0v) is 13.0. The highest BCUT2D eigenvalue weighted by Crippen LogP contribution is 2.12. The van der Waals surface area contributed by atoms with E-state index in [-0.39, 0.29) is 11.4 Å². The largest absolute Gasteiger partial charge is 0.497 e. The van der Waals surface area contributed by atoms with Crippen molar-refractivity contribution in [3.63, 3.8) is 0 Å². The van der Waals surface area contributed by atoms with E-state index in [0.717, 1.165) is 11.3 Å². The molecular formula is C15H20N2O2S. The van der Waals surface area contributed by atoms with E-state index in [1.807, 2.05) is 45.0 Å². The van der Waals surface area contributed by atoms with Gasteiger partial charge in [0.15, 0.2) is 5.11 Å². The Hall–Kier alpha value is -1.88. The molecule has 0 aliphatic rings. The SMILES string of the molecule is COc1ccc(C=CC(=O)NC(=S)NC(C)(C)C)cc1. The number of carbonyl (C=O) groups is 1. The zero-order valence-electron chi connectivity index (χ0n) is 12.2. The van der Waals surface area contributed by atoms with Gasteiger partial charge in [-0.2, -0.15) is 0 Å². The van der Waals surface area contributed by atoms with Crippen LogP contribution in [-0.4, -0.2) is 23.7 Å². The van der Waals surface area contributed by atoms with Gasteiger partial charge < -0.3 is 10.1 Å². The second-order valence-electron chi connectivity index (χ2n) is 5.30. The highest BCUT2D eigenvalue weighted by Gasteiger charge is 2.11. The lowest BCUT2D eigenvalue weighted by atomic mass is 10.1. The molecule has 5 heteroatoms. The predicted octanol–water partition coefficient (Wildman–Crippen LogP) is 2.50. The van der Waals surface area contributed by atoms with Gasteiger partial charge in [0.25, 0.3) is 0 Å². The Balaban J connectivity index is 2.52. The summed E-state index contributed by atoms with van der Waals surface area (Å²) in [4.78, 5) is 11.7. The third kappa shape index (κ3) is 6.33. The minimum absolute atomic E-state index is 0.177. The van der Waals surface area contributed by atoms with Gasteiger partial charge in [-0.05, 0) is 56.8 Å². The van der Waals surface area contributed by atoms with Gasteiger partial charge >= 0.3 is 0 Å². The summed E-state index contributed by atoms with van der Waals surface area (Å²) in [5.74, 6) is 0.518. The minimum Gasteiger partial charge on any atom is -0.497 e. The van der Waals surface area contributed by atoms with Gasteiger partial charge in [0.05, 0.1) is 7.11 Å². The normalized spacial score (nSPS) is 11.2. The number of hydrogen-bond donors (Lipinski definition) is 2. The molecule has 0 fully saturated rings. The van der Waals surface area contributed by atoms with E-state index in [4.69, 9.17) is 17.0 Å². The van der Waals surface area contributed by atoms with Gasteiger partial charge in [0.1, 0.15) is 5.75 Å². The van der Waals surface area contributed by atoms with Crippen LogP contribution in [0.2, 0.25) is 0 Å². The van der Waals surface area contributed by atoms with Crippen molar-refractivity contribution in [3.8, 4) is 5.75 Å². The molecule has 0 bridgehead atoms. The third-order valence-electron chi connectivity index (χ3n) is 2.27. The van der Waals surface area contributed by atoms with Crippen molar-refractivity contribution in [1.29, 1.82) is 0 Å². The van der Waals surface area contributed by atoms with Crippen LogP contribution >= 0.6 is 12.2 Å². The molecule has 0 saturated carbocycles. The number of nitrogens with one attached hydrogen (secondary N) is 2. The fourth-order valence-corrected chi connectivity index (χ4v) is 1.82. The molecule has 0 radical (unpaired) electrons. The van der Waals surface area contributed by atoms with Crippen molar-refractivity contribution in [2.75, 3.05) is 7.11 Å². The van der Waals surface area contributed by atoms with Crippen LogP contribution in [-0.2, 0) is 4.79 Å². The maximum Gasteiger partial charge on any atom is 0.250 e. The van der Waals surface area contributed by atoms with E-state index in [2.05, 4.69) is 10.6 Å². The average molecular weight is 292 g/mol. The first kappa shape index (κ1) is 16.2. The van der Waals surface area contributed by atoms with Gasteiger partial charge in [-0.3, -0.25) is 10.1 Å². The van der Waals surface area contributed by atoms with Crippen molar-refractivity contribution in [2.45, 2.75) is 26.3 Å². The van der Waals surface area contributed by atoms with E-state index in [9.17, 15) is 4.79 Å². The fraction of sp³-hybridized carbons (Fsp3) is 0.333. The van der Waals surface area contributed by atoms with Crippen molar-refractivity contribution >= 4 is 29.3 Å². The van der Waals surface area contributed by atoms with Crippen molar-refractivity contribution in [2.24, 2.45) is 0 Å². The number of hydrogen-bond acceptors (Lipinski definition) is 3. The Morgan fingerprint density at radius 2 is 1.85 bits per heavy atom. The number of rotatable bonds is 3. The highest BCUT2D eigenvalue weighted by atomic mass is 32.1. The van der Waals surface area contributed by atoms with E-state index in [0.29, 0.717) is 5.11 Å². The summed E-state index contributed by atoms with van der Waals surface area (Å²) in [6.07, 6.45) is 3.16. The number of thiocarbonyl (C=S) groups is 1. The molecule has 0 heterocycles. The van der Waals surface area contributed by atoms with Crippen molar-refractivity contribution in [3.05, 3.63) is 35.9 Å². The lowest BCUT2D eigenvalue weighted by molar-refractivity contribution is -0.115.